The van der Waals surface area contributed by atoms with E-state index in [1.54, 1.807) is 6.07 Å². The van der Waals surface area contributed by atoms with Crippen LogP contribution in [-0.2, 0) is 11.3 Å². The average molecular weight is 397 g/mol. The maximum Gasteiger partial charge on any atom is 0.241 e. The van der Waals surface area contributed by atoms with Gasteiger partial charge in [-0.05, 0) is 31.5 Å². The van der Waals surface area contributed by atoms with Crippen molar-refractivity contribution in [3.8, 4) is 11.4 Å². The van der Waals surface area contributed by atoms with Crippen LogP contribution in [0.15, 0.2) is 59.1 Å². The minimum Gasteiger partial charge on any atom is -0.338 e. The quantitative estimate of drug-likeness (QED) is 0.698. The Morgan fingerprint density at radius 3 is 2.79 bits per heavy atom. The lowest BCUT2D eigenvalue weighted by molar-refractivity contribution is -0.121. The highest BCUT2D eigenvalue weighted by Gasteiger charge is 2.27. The molecule has 2 heterocycles. The molecule has 1 aliphatic heterocycles. The van der Waals surface area contributed by atoms with Gasteiger partial charge in [0.1, 0.15) is 0 Å². The molecule has 1 N–H and O–H groups in total. The number of carbonyl (C=O) groups excluding carboxylic acids is 1. The molecule has 0 spiro atoms. The van der Waals surface area contributed by atoms with E-state index in [0.717, 1.165) is 24.9 Å². The van der Waals surface area contributed by atoms with Gasteiger partial charge < -0.3 is 9.84 Å². The van der Waals surface area contributed by atoms with Crippen LogP contribution in [0.1, 0.15) is 18.7 Å². The van der Waals surface area contributed by atoms with Crippen LogP contribution in [0, 0.1) is 5.92 Å². The van der Waals surface area contributed by atoms with Crippen LogP contribution in [0.25, 0.3) is 11.4 Å². The maximum atomic E-state index is 12.7. The Morgan fingerprint density at radius 1 is 1.18 bits per heavy atom. The molecule has 6 nitrogen and oxygen atoms in total. The topological polar surface area (TPSA) is 71.3 Å². The van der Waals surface area contributed by atoms with Gasteiger partial charge in [0.05, 0.1) is 23.2 Å². The van der Waals surface area contributed by atoms with Crippen molar-refractivity contribution >= 4 is 23.2 Å². The van der Waals surface area contributed by atoms with Crippen molar-refractivity contribution in [2.75, 3.05) is 18.4 Å². The molecule has 3 aromatic rings. The normalized spacial score (nSPS) is 17.4. The summed E-state index contributed by atoms with van der Waals surface area (Å²) in [6.45, 7) is 2.09. The molecule has 1 unspecified atom stereocenters. The van der Waals surface area contributed by atoms with E-state index in [-0.39, 0.29) is 11.8 Å². The van der Waals surface area contributed by atoms with Crippen LogP contribution in [0.5, 0.6) is 0 Å². The number of rotatable bonds is 5. The van der Waals surface area contributed by atoms with E-state index in [1.807, 2.05) is 48.5 Å². The third kappa shape index (κ3) is 4.40. The number of hydrogen-bond donors (Lipinski definition) is 1. The second-order valence-electron chi connectivity index (χ2n) is 6.92. The molecule has 1 fully saturated rings. The molecule has 1 aromatic heterocycles. The van der Waals surface area contributed by atoms with Gasteiger partial charge in [0.15, 0.2) is 0 Å². The van der Waals surface area contributed by atoms with Crippen molar-refractivity contribution in [1.29, 1.82) is 0 Å². The van der Waals surface area contributed by atoms with E-state index in [0.29, 0.717) is 35.5 Å². The van der Waals surface area contributed by atoms with E-state index >= 15 is 0 Å². The number of benzene rings is 2. The zero-order chi connectivity index (χ0) is 19.3. The molecule has 1 atom stereocenters. The number of likely N-dealkylation sites (tertiary alicyclic amines) is 1. The summed E-state index contributed by atoms with van der Waals surface area (Å²) in [4.78, 5) is 19.3. The van der Waals surface area contributed by atoms with Gasteiger partial charge in [-0.25, -0.2) is 0 Å². The Morgan fingerprint density at radius 2 is 1.96 bits per heavy atom. The number of amides is 1. The highest BCUT2D eigenvalue weighted by Crippen LogP contribution is 2.24. The lowest BCUT2D eigenvalue weighted by Gasteiger charge is -2.30. The number of piperidine rings is 1. The van der Waals surface area contributed by atoms with Crippen LogP contribution >= 0.6 is 11.6 Å². The van der Waals surface area contributed by atoms with Crippen LogP contribution in [0.2, 0.25) is 5.02 Å². The molecule has 144 valence electrons. The summed E-state index contributed by atoms with van der Waals surface area (Å²) >= 11 is 6.14. The lowest BCUT2D eigenvalue weighted by atomic mass is 9.97. The molecule has 2 aromatic carbocycles. The van der Waals surface area contributed by atoms with Gasteiger partial charge in [-0.2, -0.15) is 4.98 Å². The molecule has 28 heavy (non-hydrogen) atoms. The number of anilines is 1. The summed E-state index contributed by atoms with van der Waals surface area (Å²) in [7, 11) is 0. The second-order valence-corrected chi connectivity index (χ2v) is 7.33. The molecule has 1 amide bonds. The SMILES string of the molecule is O=C(Nc1ccccc1Cl)C1CCCN(Cc2nc(-c3ccccc3)no2)C1. The zero-order valence-corrected chi connectivity index (χ0v) is 16.1. The van der Waals surface area contributed by atoms with Crippen molar-refractivity contribution in [1.82, 2.24) is 15.0 Å². The first-order valence-electron chi connectivity index (χ1n) is 9.35. The first-order chi connectivity index (χ1) is 13.7. The van der Waals surface area contributed by atoms with E-state index in [2.05, 4.69) is 20.4 Å². The smallest absolute Gasteiger partial charge is 0.241 e. The maximum absolute atomic E-state index is 12.7. The third-order valence-corrected chi connectivity index (χ3v) is 5.20. The Balaban J connectivity index is 1.37. The summed E-state index contributed by atoms with van der Waals surface area (Å²) in [6, 6.07) is 17.0. The third-order valence-electron chi connectivity index (χ3n) is 4.87. The van der Waals surface area contributed by atoms with Crippen molar-refractivity contribution < 1.29 is 9.32 Å². The first kappa shape index (κ1) is 18.7. The van der Waals surface area contributed by atoms with Gasteiger partial charge in [0.2, 0.25) is 17.6 Å². The molecule has 4 rings (SSSR count). The number of carbonyl (C=O) groups is 1. The Labute approximate surface area is 168 Å². The van der Waals surface area contributed by atoms with Crippen molar-refractivity contribution in [3.05, 3.63) is 65.5 Å². The fraction of sp³-hybridized carbons (Fsp3) is 0.286. The first-order valence-corrected chi connectivity index (χ1v) is 9.72. The van der Waals surface area contributed by atoms with Crippen molar-refractivity contribution in [2.24, 2.45) is 5.92 Å². The van der Waals surface area contributed by atoms with Gasteiger partial charge in [-0.15, -0.1) is 0 Å². The highest BCUT2D eigenvalue weighted by molar-refractivity contribution is 6.33. The van der Waals surface area contributed by atoms with Gasteiger partial charge in [0.25, 0.3) is 0 Å². The van der Waals surface area contributed by atoms with E-state index in [1.165, 1.54) is 0 Å². The molecular weight excluding hydrogens is 376 g/mol. The van der Waals surface area contributed by atoms with Gasteiger partial charge in [-0.1, -0.05) is 59.2 Å². The molecule has 0 radical (unpaired) electrons. The summed E-state index contributed by atoms with van der Waals surface area (Å²) in [5, 5.41) is 7.55. The van der Waals surface area contributed by atoms with Crippen LogP contribution < -0.4 is 5.32 Å². The standard InChI is InChI=1S/C21H21ClN4O2/c22-17-10-4-5-11-18(17)23-21(27)16-9-6-12-26(13-16)14-19-24-20(25-28-19)15-7-2-1-3-8-15/h1-5,7-8,10-11,16H,6,9,12-14H2,(H,23,27). The second kappa shape index (κ2) is 8.54. The number of para-hydroxylation sites is 1. The fourth-order valence-electron chi connectivity index (χ4n) is 3.43. The number of aromatic nitrogens is 2. The minimum atomic E-state index is -0.0958. The van der Waals surface area contributed by atoms with E-state index in [4.69, 9.17) is 16.1 Å². The Kier molecular flexibility index (Phi) is 5.69. The number of nitrogens with zero attached hydrogens (tertiary/aromatic N) is 3. The minimum absolute atomic E-state index is 0.00620. The summed E-state index contributed by atoms with van der Waals surface area (Å²) < 4.78 is 5.41. The summed E-state index contributed by atoms with van der Waals surface area (Å²) in [5.41, 5.74) is 1.57. The molecule has 7 heteroatoms. The van der Waals surface area contributed by atoms with Gasteiger partial charge in [-0.3, -0.25) is 9.69 Å². The highest BCUT2D eigenvalue weighted by atomic mass is 35.5. The van der Waals surface area contributed by atoms with Gasteiger partial charge in [0, 0.05) is 12.1 Å². The molecule has 1 saturated heterocycles. The van der Waals surface area contributed by atoms with Crippen LogP contribution in [-0.4, -0.2) is 34.0 Å². The largest absolute Gasteiger partial charge is 0.338 e. The Bertz CT molecular complexity index is 944. The Hall–Kier alpha value is -2.70. The molecule has 1 aliphatic rings. The average Bonchev–Trinajstić information content (AvgIpc) is 3.19. The van der Waals surface area contributed by atoms with Crippen molar-refractivity contribution in [3.63, 3.8) is 0 Å². The lowest BCUT2D eigenvalue weighted by Crippen LogP contribution is -2.40. The number of nitrogens with one attached hydrogen (secondary N) is 1. The molecule has 0 aliphatic carbocycles. The number of halogens is 1. The predicted molar refractivity (Wildman–Crippen MR) is 108 cm³/mol. The monoisotopic (exact) mass is 396 g/mol. The fourth-order valence-corrected chi connectivity index (χ4v) is 3.61. The predicted octanol–water partition coefficient (Wildman–Crippen LogP) is 4.24. The molecular formula is C21H21ClN4O2. The van der Waals surface area contributed by atoms with Crippen LogP contribution in [0.3, 0.4) is 0 Å². The van der Waals surface area contributed by atoms with Crippen molar-refractivity contribution in [2.45, 2.75) is 19.4 Å². The van der Waals surface area contributed by atoms with E-state index < -0.39 is 0 Å². The molecule has 0 bridgehead atoms. The number of hydrogen-bond acceptors (Lipinski definition) is 5. The summed E-state index contributed by atoms with van der Waals surface area (Å²) in [6.07, 6.45) is 1.80. The van der Waals surface area contributed by atoms with E-state index in [9.17, 15) is 4.79 Å². The van der Waals surface area contributed by atoms with Crippen LogP contribution in [0.4, 0.5) is 5.69 Å². The van der Waals surface area contributed by atoms with Gasteiger partial charge >= 0.3 is 0 Å². The zero-order valence-electron chi connectivity index (χ0n) is 15.3. The molecule has 0 saturated carbocycles. The summed E-state index contributed by atoms with van der Waals surface area (Å²) in [5.74, 6) is 1.04.